The summed E-state index contributed by atoms with van der Waals surface area (Å²) in [5.74, 6) is 0.0887. The number of halogens is 2. The molecule has 0 radical (unpaired) electrons. The van der Waals surface area contributed by atoms with E-state index in [0.29, 0.717) is 30.3 Å². The number of sulfonamides is 1. The molecule has 1 aliphatic heterocycles. The number of aliphatic hydroxyl groups is 1. The molecule has 28 heavy (non-hydrogen) atoms. The Morgan fingerprint density at radius 1 is 1.18 bits per heavy atom. The summed E-state index contributed by atoms with van der Waals surface area (Å²) in [5.41, 5.74) is 0. The highest BCUT2D eigenvalue weighted by molar-refractivity contribution is 7.89. The predicted octanol–water partition coefficient (Wildman–Crippen LogP) is 3.06. The molecule has 156 valence electrons. The first kappa shape index (κ1) is 21.8. The molecule has 1 aliphatic carbocycles. The van der Waals surface area contributed by atoms with Crippen molar-refractivity contribution in [2.45, 2.75) is 49.5 Å². The Bertz CT molecular complexity index is 810. The van der Waals surface area contributed by atoms with Crippen LogP contribution in [0.5, 0.6) is 0 Å². The van der Waals surface area contributed by atoms with Crippen LogP contribution in [0.15, 0.2) is 23.1 Å². The molecule has 0 spiro atoms. The van der Waals surface area contributed by atoms with Crippen LogP contribution in [0, 0.1) is 11.8 Å². The van der Waals surface area contributed by atoms with E-state index in [4.69, 9.17) is 23.2 Å². The lowest BCUT2D eigenvalue weighted by atomic mass is 9.87. The predicted molar refractivity (Wildman–Crippen MR) is 109 cm³/mol. The normalized spacial score (nSPS) is 24.8. The number of amides is 1. The highest BCUT2D eigenvalue weighted by Gasteiger charge is 2.33. The minimum Gasteiger partial charge on any atom is -0.393 e. The third-order valence-corrected chi connectivity index (χ3v) is 8.27. The van der Waals surface area contributed by atoms with Crippen LogP contribution < -0.4 is 5.32 Å². The van der Waals surface area contributed by atoms with E-state index in [0.717, 1.165) is 25.7 Å². The second-order valence-electron chi connectivity index (χ2n) is 7.68. The number of benzene rings is 1. The van der Waals surface area contributed by atoms with Gasteiger partial charge in [-0.3, -0.25) is 4.79 Å². The van der Waals surface area contributed by atoms with Gasteiger partial charge in [0.05, 0.1) is 11.1 Å². The number of piperidine rings is 1. The molecule has 2 aliphatic rings. The summed E-state index contributed by atoms with van der Waals surface area (Å²) < 4.78 is 27.1. The average molecular weight is 449 g/mol. The van der Waals surface area contributed by atoms with Gasteiger partial charge in [0.15, 0.2) is 0 Å². The first-order valence-electron chi connectivity index (χ1n) is 9.68. The van der Waals surface area contributed by atoms with E-state index in [1.165, 1.54) is 16.4 Å². The zero-order valence-corrected chi connectivity index (χ0v) is 17.9. The largest absolute Gasteiger partial charge is 0.393 e. The lowest BCUT2D eigenvalue weighted by Crippen LogP contribution is -2.44. The quantitative estimate of drug-likeness (QED) is 0.724. The van der Waals surface area contributed by atoms with Crippen LogP contribution in [0.25, 0.3) is 0 Å². The van der Waals surface area contributed by atoms with E-state index in [1.807, 2.05) is 0 Å². The maximum absolute atomic E-state index is 12.9. The van der Waals surface area contributed by atoms with Crippen molar-refractivity contribution in [3.8, 4) is 0 Å². The summed E-state index contributed by atoms with van der Waals surface area (Å²) >= 11 is 12.0. The van der Waals surface area contributed by atoms with Crippen LogP contribution in [0.1, 0.15) is 38.5 Å². The SMILES string of the molecule is O=C(NC[C@@H]1CCC[C@@H](O)C1)C1CCN(S(=O)(=O)c2cc(Cl)ccc2Cl)CC1. The summed E-state index contributed by atoms with van der Waals surface area (Å²) in [7, 11) is -3.74. The van der Waals surface area contributed by atoms with Gasteiger partial charge in [0, 0.05) is 30.6 Å². The van der Waals surface area contributed by atoms with Crippen LogP contribution in [0.4, 0.5) is 0 Å². The fourth-order valence-electron chi connectivity index (χ4n) is 4.01. The zero-order valence-electron chi connectivity index (χ0n) is 15.6. The first-order valence-corrected chi connectivity index (χ1v) is 11.9. The third kappa shape index (κ3) is 5.19. The van der Waals surface area contributed by atoms with Crippen LogP contribution in [-0.4, -0.2) is 49.5 Å². The lowest BCUT2D eigenvalue weighted by molar-refractivity contribution is -0.126. The molecule has 0 aromatic heterocycles. The van der Waals surface area contributed by atoms with Gasteiger partial charge >= 0.3 is 0 Å². The molecule has 0 unspecified atom stereocenters. The molecule has 9 heteroatoms. The maximum atomic E-state index is 12.9. The molecule has 1 amide bonds. The van der Waals surface area contributed by atoms with Crippen LogP contribution in [0.3, 0.4) is 0 Å². The van der Waals surface area contributed by atoms with Crippen molar-refractivity contribution in [1.82, 2.24) is 9.62 Å². The number of carbonyl (C=O) groups excluding carboxylic acids is 1. The Morgan fingerprint density at radius 3 is 2.57 bits per heavy atom. The highest BCUT2D eigenvalue weighted by atomic mass is 35.5. The van der Waals surface area contributed by atoms with Crippen LogP contribution >= 0.6 is 23.2 Å². The van der Waals surface area contributed by atoms with Crippen molar-refractivity contribution in [3.63, 3.8) is 0 Å². The molecule has 0 bridgehead atoms. The average Bonchev–Trinajstić information content (AvgIpc) is 2.68. The highest BCUT2D eigenvalue weighted by Crippen LogP contribution is 2.30. The molecule has 2 fully saturated rings. The molecule has 2 N–H and O–H groups in total. The Morgan fingerprint density at radius 2 is 1.89 bits per heavy atom. The van der Waals surface area contributed by atoms with Gasteiger partial charge < -0.3 is 10.4 Å². The molecule has 2 atom stereocenters. The Kier molecular flexibility index (Phi) is 7.26. The molecule has 6 nitrogen and oxygen atoms in total. The molecule has 1 saturated heterocycles. The minimum absolute atomic E-state index is 0.000393. The van der Waals surface area contributed by atoms with Gasteiger partial charge in [0.1, 0.15) is 4.90 Å². The first-order chi connectivity index (χ1) is 13.3. The van der Waals surface area contributed by atoms with Crippen LogP contribution in [0.2, 0.25) is 10.0 Å². The number of hydrogen-bond donors (Lipinski definition) is 2. The molecule has 3 rings (SSSR count). The Labute approximate surface area is 176 Å². The van der Waals surface area contributed by atoms with Gasteiger partial charge in [0.25, 0.3) is 0 Å². The summed E-state index contributed by atoms with van der Waals surface area (Å²) in [6.45, 7) is 1.11. The number of rotatable bonds is 5. The topological polar surface area (TPSA) is 86.7 Å². The summed E-state index contributed by atoms with van der Waals surface area (Å²) in [4.78, 5) is 12.5. The van der Waals surface area contributed by atoms with Gasteiger partial charge in [-0.05, 0) is 56.2 Å². The third-order valence-electron chi connectivity index (χ3n) is 5.66. The van der Waals surface area contributed by atoms with Crippen molar-refractivity contribution >= 4 is 39.1 Å². The molecule has 1 aromatic rings. The summed E-state index contributed by atoms with van der Waals surface area (Å²) in [5, 5.41) is 13.2. The summed E-state index contributed by atoms with van der Waals surface area (Å²) in [6, 6.07) is 4.38. The molecular weight excluding hydrogens is 423 g/mol. The Hall–Kier alpha value is -0.860. The fourth-order valence-corrected chi connectivity index (χ4v) is 6.22. The van der Waals surface area contributed by atoms with Crippen molar-refractivity contribution in [1.29, 1.82) is 0 Å². The number of nitrogens with one attached hydrogen (secondary N) is 1. The zero-order chi connectivity index (χ0) is 20.3. The van der Waals surface area contributed by atoms with Crippen molar-refractivity contribution in [3.05, 3.63) is 28.2 Å². The number of hydrogen-bond acceptors (Lipinski definition) is 4. The summed E-state index contributed by atoms with van der Waals surface area (Å²) in [6.07, 6.45) is 4.26. The van der Waals surface area contributed by atoms with Crippen molar-refractivity contribution < 1.29 is 18.3 Å². The van der Waals surface area contributed by atoms with E-state index in [2.05, 4.69) is 5.32 Å². The van der Waals surface area contributed by atoms with E-state index < -0.39 is 10.0 Å². The van der Waals surface area contributed by atoms with Gasteiger partial charge in [0.2, 0.25) is 15.9 Å². The standard InChI is InChI=1S/C19H26Cl2N2O4S/c20-15-4-5-17(21)18(11-15)28(26,27)23-8-6-14(7-9-23)19(25)22-12-13-2-1-3-16(24)10-13/h4-5,11,13-14,16,24H,1-3,6-10,12H2,(H,22,25)/t13-,16-/m1/s1. The monoisotopic (exact) mass is 448 g/mol. The van der Waals surface area contributed by atoms with Gasteiger partial charge in [-0.2, -0.15) is 4.31 Å². The van der Waals surface area contributed by atoms with Crippen LogP contribution in [-0.2, 0) is 14.8 Å². The van der Waals surface area contributed by atoms with E-state index in [-0.39, 0.29) is 40.9 Å². The number of aliphatic hydroxyl groups excluding tert-OH is 1. The Balaban J connectivity index is 1.53. The second kappa shape index (κ2) is 9.30. The van der Waals surface area contributed by atoms with Crippen molar-refractivity contribution in [2.24, 2.45) is 11.8 Å². The molecule has 1 heterocycles. The van der Waals surface area contributed by atoms with Gasteiger partial charge in [-0.1, -0.05) is 29.6 Å². The van der Waals surface area contributed by atoms with Gasteiger partial charge in [-0.15, -0.1) is 0 Å². The van der Waals surface area contributed by atoms with E-state index >= 15 is 0 Å². The molecular formula is C19H26Cl2N2O4S. The van der Waals surface area contributed by atoms with Gasteiger partial charge in [-0.25, -0.2) is 8.42 Å². The molecule has 1 saturated carbocycles. The number of nitrogens with zero attached hydrogens (tertiary/aromatic N) is 1. The lowest BCUT2D eigenvalue weighted by Gasteiger charge is -2.31. The molecule has 1 aromatic carbocycles. The number of carbonyl (C=O) groups is 1. The maximum Gasteiger partial charge on any atom is 0.244 e. The van der Waals surface area contributed by atoms with Crippen molar-refractivity contribution in [2.75, 3.05) is 19.6 Å². The van der Waals surface area contributed by atoms with E-state index in [9.17, 15) is 18.3 Å². The second-order valence-corrected chi connectivity index (χ2v) is 10.4. The minimum atomic E-state index is -3.74. The van der Waals surface area contributed by atoms with E-state index in [1.54, 1.807) is 6.07 Å². The fraction of sp³-hybridized carbons (Fsp3) is 0.632. The smallest absolute Gasteiger partial charge is 0.244 e.